The van der Waals surface area contributed by atoms with Crippen LogP contribution in [-0.4, -0.2) is 58.4 Å². The molecule has 0 saturated heterocycles. The van der Waals surface area contributed by atoms with Crippen molar-refractivity contribution >= 4 is 89.3 Å². The van der Waals surface area contributed by atoms with Crippen molar-refractivity contribution in [3.05, 3.63) is 107 Å². The van der Waals surface area contributed by atoms with Crippen molar-refractivity contribution in [3.63, 3.8) is 0 Å². The van der Waals surface area contributed by atoms with Gasteiger partial charge in [-0.1, -0.05) is 77.0 Å². The molecule has 0 bridgehead atoms. The van der Waals surface area contributed by atoms with Crippen LogP contribution in [0.1, 0.15) is 44.9 Å². The third-order valence-electron chi connectivity index (χ3n) is 8.45. The van der Waals surface area contributed by atoms with Gasteiger partial charge < -0.3 is 24.3 Å². The first kappa shape index (κ1) is 32.2. The number of benzene rings is 4. The molecule has 1 amide bonds. The van der Waals surface area contributed by atoms with Gasteiger partial charge in [0.05, 0.1) is 11.4 Å². The molecule has 48 heavy (non-hydrogen) atoms. The van der Waals surface area contributed by atoms with Crippen LogP contribution in [0.25, 0.3) is 32.6 Å². The molecular formula is C37H32ClN3O5S2. The molecule has 6 aromatic rings. The van der Waals surface area contributed by atoms with E-state index in [1.165, 1.54) is 0 Å². The third kappa shape index (κ3) is 6.40. The summed E-state index contributed by atoms with van der Waals surface area (Å²) >= 11 is 6.48. The number of ketones is 1. The molecule has 8 nitrogen and oxygen atoms in total. The van der Waals surface area contributed by atoms with Crippen LogP contribution < -0.4 is 9.64 Å². The molecule has 0 radical (unpaired) electrons. The topological polar surface area (TPSA) is 104 Å². The molecule has 4 aromatic carbocycles. The van der Waals surface area contributed by atoms with Gasteiger partial charge in [-0.15, -0.1) is 11.6 Å². The van der Waals surface area contributed by atoms with E-state index in [-0.39, 0.29) is 30.6 Å². The lowest BCUT2D eigenvalue weighted by molar-refractivity contribution is 0.0978. The van der Waals surface area contributed by atoms with Gasteiger partial charge in [-0.3, -0.25) is 9.59 Å². The average molecular weight is 698 g/mol. The number of aromatic amines is 2. The fourth-order valence-corrected chi connectivity index (χ4v) is 8.04. The second kappa shape index (κ2) is 14.0. The first-order valence-corrected chi connectivity index (χ1v) is 18.7. The van der Waals surface area contributed by atoms with Crippen LogP contribution in [-0.2, 0) is 11.2 Å². The monoisotopic (exact) mass is 697 g/mol. The number of nitrogens with zero attached hydrogens (tertiary/aromatic N) is 1. The number of fused-ring (bicyclic) bond motifs is 5. The Labute approximate surface area is 289 Å². The third-order valence-corrected chi connectivity index (χ3v) is 11.3. The van der Waals surface area contributed by atoms with Crippen LogP contribution >= 0.6 is 33.2 Å². The summed E-state index contributed by atoms with van der Waals surface area (Å²) in [7, 11) is 3.34. The Balaban J connectivity index is 1.14. The fraction of sp³-hybridized carbons (Fsp3) is 0.216. The smallest absolute Gasteiger partial charge is 0.433 e. The van der Waals surface area contributed by atoms with Gasteiger partial charge in [0.25, 0.3) is 5.91 Å². The van der Waals surface area contributed by atoms with Crippen molar-refractivity contribution in [1.82, 2.24) is 9.97 Å². The van der Waals surface area contributed by atoms with Crippen LogP contribution in [0.3, 0.4) is 0 Å². The molecular weight excluding hydrogens is 666 g/mol. The summed E-state index contributed by atoms with van der Waals surface area (Å²) in [5, 5.41) is 3.44. The molecule has 0 saturated carbocycles. The van der Waals surface area contributed by atoms with E-state index in [2.05, 4.69) is 16.9 Å². The summed E-state index contributed by atoms with van der Waals surface area (Å²) in [6.45, 7) is 2.68. The molecule has 0 spiro atoms. The highest BCUT2D eigenvalue weighted by Gasteiger charge is 2.36. The van der Waals surface area contributed by atoms with Gasteiger partial charge in [0.2, 0.25) is 0 Å². The lowest BCUT2D eigenvalue weighted by atomic mass is 9.95. The van der Waals surface area contributed by atoms with Gasteiger partial charge in [0, 0.05) is 69.5 Å². The van der Waals surface area contributed by atoms with Crippen molar-refractivity contribution in [1.29, 1.82) is 0 Å². The van der Waals surface area contributed by atoms with E-state index in [1.54, 1.807) is 32.6 Å². The maximum atomic E-state index is 14.1. The number of Topliss-reactive ketones (excluding diaryl/α,β-unsaturated/α-hetero) is 1. The average Bonchev–Trinajstić information content (AvgIpc) is 3.83. The molecule has 0 fully saturated rings. The minimum Gasteiger partial charge on any atom is -0.433 e. The first-order valence-electron chi connectivity index (χ1n) is 15.7. The highest BCUT2D eigenvalue weighted by Crippen LogP contribution is 2.46. The minimum atomic E-state index is -0.790. The van der Waals surface area contributed by atoms with Crippen molar-refractivity contribution in [2.45, 2.75) is 19.3 Å². The fourth-order valence-electron chi connectivity index (χ4n) is 6.29. The van der Waals surface area contributed by atoms with Crippen LogP contribution in [0.4, 0.5) is 10.5 Å². The van der Waals surface area contributed by atoms with Gasteiger partial charge in [-0.25, -0.2) is 4.79 Å². The van der Waals surface area contributed by atoms with Crippen molar-refractivity contribution < 1.29 is 23.9 Å². The molecule has 7 rings (SSSR count). The Morgan fingerprint density at radius 1 is 0.875 bits per heavy atom. The van der Waals surface area contributed by atoms with E-state index < -0.39 is 6.16 Å². The van der Waals surface area contributed by atoms with Gasteiger partial charge in [0.1, 0.15) is 18.1 Å². The maximum absolute atomic E-state index is 14.1. The number of para-hydroxylation sites is 1. The molecule has 11 heteroatoms. The summed E-state index contributed by atoms with van der Waals surface area (Å²) in [6.07, 6.45) is -0.565. The normalized spacial score (nSPS) is 14.1. The number of ether oxygens (including phenoxy) is 2. The highest BCUT2D eigenvalue weighted by atomic mass is 35.5. The van der Waals surface area contributed by atoms with Gasteiger partial charge in [-0.05, 0) is 46.8 Å². The number of anilines is 1. The molecule has 1 atom stereocenters. The molecule has 244 valence electrons. The number of amides is 1. The van der Waals surface area contributed by atoms with E-state index in [0.717, 1.165) is 49.5 Å². The predicted octanol–water partition coefficient (Wildman–Crippen LogP) is 9.13. The zero-order valence-corrected chi connectivity index (χ0v) is 28.5. The van der Waals surface area contributed by atoms with E-state index in [0.29, 0.717) is 41.0 Å². The van der Waals surface area contributed by atoms with Gasteiger partial charge in [0.15, 0.2) is 5.78 Å². The summed E-state index contributed by atoms with van der Waals surface area (Å²) < 4.78 is 11.0. The zero-order chi connectivity index (χ0) is 33.2. The summed E-state index contributed by atoms with van der Waals surface area (Å²) in [5.41, 5.74) is 5.12. The minimum absolute atomic E-state index is 0.0123. The van der Waals surface area contributed by atoms with E-state index in [9.17, 15) is 14.4 Å². The van der Waals surface area contributed by atoms with E-state index >= 15 is 0 Å². The van der Waals surface area contributed by atoms with Crippen molar-refractivity contribution in [2.24, 2.45) is 0 Å². The molecule has 2 N–H and O–H groups in total. The number of hydrogen-bond acceptors (Lipinski definition) is 7. The van der Waals surface area contributed by atoms with Crippen LogP contribution in [0.5, 0.6) is 5.75 Å². The molecule has 3 heterocycles. The Morgan fingerprint density at radius 2 is 1.62 bits per heavy atom. The summed E-state index contributed by atoms with van der Waals surface area (Å²) in [4.78, 5) is 48.1. The zero-order valence-electron chi connectivity index (χ0n) is 26.1. The van der Waals surface area contributed by atoms with Crippen LogP contribution in [0.2, 0.25) is 0 Å². The Morgan fingerprint density at radius 3 is 2.44 bits per heavy atom. The predicted molar refractivity (Wildman–Crippen MR) is 196 cm³/mol. The van der Waals surface area contributed by atoms with E-state index in [4.69, 9.17) is 21.1 Å². The number of carbonyl (C=O) groups is 3. The Bertz CT molecular complexity index is 2140. The highest BCUT2D eigenvalue weighted by molar-refractivity contribution is 8.76. The number of rotatable bonds is 11. The summed E-state index contributed by atoms with van der Waals surface area (Å²) in [5.74, 6) is 1.91. The van der Waals surface area contributed by atoms with E-state index in [1.807, 2.05) is 78.9 Å². The lowest BCUT2D eigenvalue weighted by Gasteiger charge is -2.18. The number of nitrogens with one attached hydrogen (secondary N) is 2. The number of H-pyrrole nitrogens is 2. The van der Waals surface area contributed by atoms with Gasteiger partial charge in [-0.2, -0.15) is 0 Å². The van der Waals surface area contributed by atoms with Crippen molar-refractivity contribution in [3.8, 4) is 5.75 Å². The largest absolute Gasteiger partial charge is 0.513 e. The lowest BCUT2D eigenvalue weighted by Crippen LogP contribution is -2.30. The molecule has 1 aliphatic rings. The summed E-state index contributed by atoms with van der Waals surface area (Å²) in [6, 6.07) is 26.6. The Kier molecular flexibility index (Phi) is 9.39. The second-order valence-corrected chi connectivity index (χ2v) is 14.7. The Hall–Kier alpha value is -4.38. The number of aromatic nitrogens is 2. The number of hydrogen-bond donors (Lipinski definition) is 2. The van der Waals surface area contributed by atoms with Crippen LogP contribution in [0.15, 0.2) is 84.9 Å². The number of alkyl halides is 1. The molecule has 1 aliphatic heterocycles. The standard InChI is InChI=1S/C37H32ClN3O5S2/c1-2-47-48-14-13-45-37(44)46-34-19-32-35(27-9-5-4-8-26(27)34)25(20-38)21-41(32)36(43)31-18-24-15-22(11-12-29(24)40-31)16-33(42)30-17-23-7-3-6-10-28(23)39-30/h3-12,15,17-19,25,39-40H,2,13-14,16,20-21H2,1H3. The number of halogens is 1. The van der Waals surface area contributed by atoms with Crippen LogP contribution in [0, 0.1) is 0 Å². The van der Waals surface area contributed by atoms with Gasteiger partial charge >= 0.3 is 6.16 Å². The quantitative estimate of drug-likeness (QED) is 0.0347. The van der Waals surface area contributed by atoms with Crippen molar-refractivity contribution in [2.75, 3.05) is 35.4 Å². The second-order valence-electron chi connectivity index (χ2n) is 11.5. The number of carbonyl (C=O) groups excluding carboxylic acids is 3. The molecule has 1 unspecified atom stereocenters. The maximum Gasteiger partial charge on any atom is 0.513 e. The molecule has 2 aromatic heterocycles. The SMILES string of the molecule is CCSSCCOC(=O)Oc1cc2c(c3ccccc13)C(CCl)CN2C(=O)c1cc2cc(CC(=O)c3cc4ccccc4[nH]3)ccc2[nH]1. The first-order chi connectivity index (χ1) is 23.4. The molecule has 0 aliphatic carbocycles.